The molecule has 0 radical (unpaired) electrons. The lowest BCUT2D eigenvalue weighted by molar-refractivity contribution is 0.0487. The van der Waals surface area contributed by atoms with E-state index in [0.717, 1.165) is 6.20 Å². The lowest BCUT2D eigenvalue weighted by Crippen LogP contribution is -2.42. The quantitative estimate of drug-likeness (QED) is 0.588. The van der Waals surface area contributed by atoms with E-state index in [4.69, 9.17) is 10.1 Å². The van der Waals surface area contributed by atoms with Gasteiger partial charge in [-0.25, -0.2) is 4.79 Å². The van der Waals surface area contributed by atoms with Gasteiger partial charge in [-0.15, -0.1) is 0 Å². The molecular formula is C11H20N3O3+. The van der Waals surface area contributed by atoms with Crippen molar-refractivity contribution in [3.63, 3.8) is 0 Å². The van der Waals surface area contributed by atoms with Gasteiger partial charge in [0.2, 0.25) is 11.2 Å². The molecule has 0 aromatic rings. The maximum absolute atomic E-state index is 11.5. The number of hydrogen-bond acceptors (Lipinski definition) is 4. The summed E-state index contributed by atoms with van der Waals surface area (Å²) in [5.74, 6) is -0.297. The van der Waals surface area contributed by atoms with Crippen LogP contribution in [0, 0.1) is 11.3 Å². The Hall–Kier alpha value is -1.77. The molecule has 0 fully saturated rings. The first-order chi connectivity index (χ1) is 7.67. The minimum atomic E-state index is -0.652. The number of diazo groups is 1. The predicted molar refractivity (Wildman–Crippen MR) is 63.8 cm³/mol. The second kappa shape index (κ2) is 6.09. The van der Waals surface area contributed by atoms with E-state index < -0.39 is 17.7 Å². The van der Waals surface area contributed by atoms with Gasteiger partial charge in [0.05, 0.1) is 6.04 Å². The summed E-state index contributed by atoms with van der Waals surface area (Å²) < 4.78 is 5.07. The summed E-state index contributed by atoms with van der Waals surface area (Å²) in [6.45, 7) is 8.86. The van der Waals surface area contributed by atoms with Crippen LogP contribution in [0.15, 0.2) is 12.0 Å². The molecule has 0 bridgehead atoms. The minimum Gasteiger partial charge on any atom is -0.504 e. The molecule has 1 amide bonds. The summed E-state index contributed by atoms with van der Waals surface area (Å²) in [4.78, 5) is 14.2. The molecule has 0 saturated carbocycles. The Labute approximate surface area is 101 Å². The average Bonchev–Trinajstić information content (AvgIpc) is 2.11. The number of nitrogens with zero attached hydrogens (tertiary/aromatic N) is 2. The Morgan fingerprint density at radius 1 is 1.47 bits per heavy atom. The fourth-order valence-corrected chi connectivity index (χ4v) is 1.16. The van der Waals surface area contributed by atoms with E-state index in [1.54, 1.807) is 20.8 Å². The van der Waals surface area contributed by atoms with E-state index >= 15 is 0 Å². The Morgan fingerprint density at radius 2 is 2.00 bits per heavy atom. The Balaban J connectivity index is 4.64. The lowest BCUT2D eigenvalue weighted by Gasteiger charge is -2.24. The second-order valence-electron chi connectivity index (χ2n) is 5.04. The predicted octanol–water partition coefficient (Wildman–Crippen LogP) is 2.79. The molecular weight excluding hydrogens is 222 g/mol. The van der Waals surface area contributed by atoms with Crippen molar-refractivity contribution < 1.29 is 14.6 Å². The van der Waals surface area contributed by atoms with E-state index in [2.05, 4.69) is 10.3 Å². The Kier molecular flexibility index (Phi) is 5.45. The molecule has 2 N–H and O–H groups in total. The highest BCUT2D eigenvalue weighted by molar-refractivity contribution is 5.68. The van der Waals surface area contributed by atoms with E-state index in [-0.39, 0.29) is 11.7 Å². The molecule has 0 spiro atoms. The number of aliphatic hydroxyl groups is 1. The summed E-state index contributed by atoms with van der Waals surface area (Å²) in [6.07, 6.45) is 0.247. The number of ether oxygens (including phenoxy) is 1. The van der Waals surface area contributed by atoms with E-state index in [1.807, 2.05) is 13.8 Å². The van der Waals surface area contributed by atoms with Crippen molar-refractivity contribution in [2.24, 2.45) is 5.92 Å². The average molecular weight is 242 g/mol. The smallest absolute Gasteiger partial charge is 0.408 e. The summed E-state index contributed by atoms with van der Waals surface area (Å²) in [7, 11) is 0. The molecule has 0 aromatic carbocycles. The topological polar surface area (TPSA) is 86.7 Å². The van der Waals surface area contributed by atoms with Crippen molar-refractivity contribution in [2.75, 3.05) is 0 Å². The first kappa shape index (κ1) is 15.2. The summed E-state index contributed by atoms with van der Waals surface area (Å²) in [5, 5.41) is 20.4. The van der Waals surface area contributed by atoms with E-state index in [0.29, 0.717) is 0 Å². The van der Waals surface area contributed by atoms with Gasteiger partial charge in [-0.05, 0) is 26.7 Å². The van der Waals surface area contributed by atoms with Gasteiger partial charge in [0.1, 0.15) is 5.60 Å². The molecule has 0 aliphatic carbocycles. The monoisotopic (exact) mass is 242 g/mol. The zero-order chi connectivity index (χ0) is 13.6. The molecule has 1 atom stereocenters. The molecule has 17 heavy (non-hydrogen) atoms. The molecule has 0 unspecified atom stereocenters. The standard InChI is InChI=1S/C11H19N3O3/c1-7(2)9(8(15)6-13-12)14-10(16)17-11(3,4)5/h6-7,9H,1-5H3,(H-,14,15,16)/p+1/b8-6-/t9-/m0/s1. The zero-order valence-electron chi connectivity index (χ0n) is 10.9. The highest BCUT2D eigenvalue weighted by Crippen LogP contribution is 2.12. The van der Waals surface area contributed by atoms with E-state index in [9.17, 15) is 9.90 Å². The van der Waals surface area contributed by atoms with Gasteiger partial charge in [-0.3, -0.25) is 0 Å². The highest BCUT2D eigenvalue weighted by atomic mass is 16.6. The molecule has 0 aromatic heterocycles. The fourth-order valence-electron chi connectivity index (χ4n) is 1.16. The van der Waals surface area contributed by atoms with Crippen LogP contribution in [0.5, 0.6) is 0 Å². The van der Waals surface area contributed by atoms with Crippen LogP contribution in [-0.4, -0.2) is 22.8 Å². The number of nitrogens with one attached hydrogen (secondary N) is 1. The fraction of sp³-hybridized carbons (Fsp3) is 0.727. The largest absolute Gasteiger partial charge is 0.504 e. The van der Waals surface area contributed by atoms with Crippen molar-refractivity contribution in [1.29, 1.82) is 5.39 Å². The van der Waals surface area contributed by atoms with Crippen molar-refractivity contribution in [2.45, 2.75) is 46.3 Å². The van der Waals surface area contributed by atoms with Gasteiger partial charge in [-0.2, -0.15) is 0 Å². The first-order valence-electron chi connectivity index (χ1n) is 5.40. The molecule has 0 saturated heterocycles. The molecule has 96 valence electrons. The van der Waals surface area contributed by atoms with Gasteiger partial charge >= 0.3 is 12.3 Å². The van der Waals surface area contributed by atoms with Crippen LogP contribution in [0.2, 0.25) is 0 Å². The summed E-state index contributed by atoms with van der Waals surface area (Å²) >= 11 is 0. The van der Waals surface area contributed by atoms with Crippen LogP contribution in [0.25, 0.3) is 4.98 Å². The minimum absolute atomic E-state index is 0.0690. The van der Waals surface area contributed by atoms with Crippen LogP contribution in [-0.2, 0) is 4.74 Å². The number of amides is 1. The van der Waals surface area contributed by atoms with Crippen molar-refractivity contribution in [3.05, 3.63) is 16.9 Å². The molecule has 6 nitrogen and oxygen atoms in total. The third-order valence-corrected chi connectivity index (χ3v) is 1.85. The number of aliphatic hydroxyl groups excluding tert-OH is 1. The number of carbonyl (C=O) groups is 1. The van der Waals surface area contributed by atoms with Crippen molar-refractivity contribution in [1.82, 2.24) is 5.32 Å². The number of carbonyl (C=O) groups excluding carboxylic acids is 1. The lowest BCUT2D eigenvalue weighted by atomic mass is 10.0. The SMILES string of the molecule is CC(C)[C@H](NC(=O)OC(C)(C)C)/C(O)=C/[N+]#N. The van der Waals surface area contributed by atoms with Crippen LogP contribution >= 0.6 is 0 Å². The van der Waals surface area contributed by atoms with Gasteiger partial charge in [-0.1, -0.05) is 13.8 Å². The highest BCUT2D eigenvalue weighted by Gasteiger charge is 2.26. The van der Waals surface area contributed by atoms with Crippen LogP contribution in [0.4, 0.5) is 4.79 Å². The third kappa shape index (κ3) is 6.40. The van der Waals surface area contributed by atoms with E-state index in [1.165, 1.54) is 0 Å². The summed E-state index contributed by atoms with van der Waals surface area (Å²) in [5.41, 5.74) is -0.605. The molecule has 0 rings (SSSR count). The zero-order valence-corrected chi connectivity index (χ0v) is 10.9. The normalized spacial score (nSPS) is 14.1. The third-order valence-electron chi connectivity index (χ3n) is 1.85. The van der Waals surface area contributed by atoms with Crippen LogP contribution < -0.4 is 5.32 Å². The van der Waals surface area contributed by atoms with Crippen LogP contribution in [0.1, 0.15) is 34.6 Å². The van der Waals surface area contributed by atoms with Gasteiger partial charge in [0, 0.05) is 0 Å². The maximum Gasteiger partial charge on any atom is 0.408 e. The Morgan fingerprint density at radius 3 is 2.35 bits per heavy atom. The second-order valence-corrected chi connectivity index (χ2v) is 5.04. The molecule has 0 aliphatic heterocycles. The molecule has 0 aliphatic rings. The number of rotatable bonds is 3. The van der Waals surface area contributed by atoms with Gasteiger partial charge in [0.25, 0.3) is 0 Å². The number of alkyl carbamates (subject to hydrolysis) is 1. The van der Waals surface area contributed by atoms with Crippen LogP contribution in [0.3, 0.4) is 0 Å². The summed E-state index contributed by atoms with van der Waals surface area (Å²) in [6, 6.07) is -0.652. The van der Waals surface area contributed by atoms with Crippen molar-refractivity contribution in [3.8, 4) is 0 Å². The maximum atomic E-state index is 11.5. The van der Waals surface area contributed by atoms with Gasteiger partial charge in [0.15, 0.2) is 4.98 Å². The number of hydrogen-bond donors (Lipinski definition) is 2. The van der Waals surface area contributed by atoms with Gasteiger partial charge < -0.3 is 15.2 Å². The molecule has 6 heteroatoms. The molecule has 0 heterocycles. The Bertz CT molecular complexity index is 337. The first-order valence-corrected chi connectivity index (χ1v) is 5.40. The van der Waals surface area contributed by atoms with Crippen molar-refractivity contribution >= 4 is 6.09 Å².